The van der Waals surface area contributed by atoms with Crippen molar-refractivity contribution in [2.24, 2.45) is 0 Å². The summed E-state index contributed by atoms with van der Waals surface area (Å²) in [4.78, 5) is 11.9. The van der Waals surface area contributed by atoms with Gasteiger partial charge in [-0.3, -0.25) is 9.89 Å². The summed E-state index contributed by atoms with van der Waals surface area (Å²) in [6.07, 6.45) is 0. The van der Waals surface area contributed by atoms with Gasteiger partial charge in [-0.15, -0.1) is 0 Å². The molecule has 0 saturated heterocycles. The van der Waals surface area contributed by atoms with Crippen LogP contribution in [0.15, 0.2) is 30.3 Å². The Balaban J connectivity index is 1.97. The summed E-state index contributed by atoms with van der Waals surface area (Å²) in [6, 6.07) is 9.88. The van der Waals surface area contributed by atoms with Crippen molar-refractivity contribution in [1.82, 2.24) is 15.5 Å². The molecule has 1 heterocycles. The van der Waals surface area contributed by atoms with Crippen LogP contribution in [0.2, 0.25) is 0 Å². The van der Waals surface area contributed by atoms with E-state index in [2.05, 4.69) is 35.4 Å². The number of aromatic amines is 1. The van der Waals surface area contributed by atoms with Crippen LogP contribution in [0.4, 0.5) is 0 Å². The van der Waals surface area contributed by atoms with Crippen LogP contribution in [0.1, 0.15) is 47.1 Å². The van der Waals surface area contributed by atoms with Gasteiger partial charge in [-0.25, -0.2) is 0 Å². The van der Waals surface area contributed by atoms with Gasteiger partial charge in [0, 0.05) is 12.2 Å². The molecule has 0 unspecified atom stereocenters. The predicted molar refractivity (Wildman–Crippen MR) is 75.0 cm³/mol. The second-order valence-corrected chi connectivity index (χ2v) is 5.03. The molecule has 4 heteroatoms. The summed E-state index contributed by atoms with van der Waals surface area (Å²) < 4.78 is 0. The van der Waals surface area contributed by atoms with Crippen molar-refractivity contribution in [3.63, 3.8) is 0 Å². The van der Waals surface area contributed by atoms with Gasteiger partial charge in [-0.1, -0.05) is 43.7 Å². The molecule has 0 aliphatic heterocycles. The fraction of sp³-hybridized carbons (Fsp3) is 0.333. The topological polar surface area (TPSA) is 57.8 Å². The molecule has 0 fully saturated rings. The molecular formula is C15H19N3O. The first-order chi connectivity index (χ1) is 9.06. The number of carbonyl (C=O) groups is 1. The molecule has 2 aromatic rings. The molecular weight excluding hydrogens is 238 g/mol. The van der Waals surface area contributed by atoms with Gasteiger partial charge in [0.1, 0.15) is 5.69 Å². The Bertz CT molecular complexity index is 572. The second kappa shape index (κ2) is 5.69. The molecule has 0 aliphatic rings. The highest BCUT2D eigenvalue weighted by molar-refractivity contribution is 5.92. The standard InChI is InChI=1S/C15H19N3O/c1-10(2)13-8-14(18-17-13)15(19)16-9-12-6-4-5-11(3)7-12/h4-8,10H,9H2,1-3H3,(H,16,19)(H,17,18). The molecule has 1 amide bonds. The Morgan fingerprint density at radius 2 is 2.16 bits per heavy atom. The number of rotatable bonds is 4. The predicted octanol–water partition coefficient (Wildman–Crippen LogP) is 2.77. The maximum Gasteiger partial charge on any atom is 0.272 e. The molecule has 0 aliphatic carbocycles. The summed E-state index contributed by atoms with van der Waals surface area (Å²) in [5.74, 6) is 0.190. The van der Waals surface area contributed by atoms with Crippen LogP contribution in [0, 0.1) is 6.92 Å². The van der Waals surface area contributed by atoms with Crippen LogP contribution < -0.4 is 5.32 Å². The zero-order valence-corrected chi connectivity index (χ0v) is 11.5. The molecule has 0 saturated carbocycles. The smallest absolute Gasteiger partial charge is 0.272 e. The fourth-order valence-electron chi connectivity index (χ4n) is 1.84. The lowest BCUT2D eigenvalue weighted by molar-refractivity contribution is 0.0946. The van der Waals surface area contributed by atoms with Crippen molar-refractivity contribution < 1.29 is 4.79 Å². The van der Waals surface area contributed by atoms with E-state index in [-0.39, 0.29) is 5.91 Å². The molecule has 4 nitrogen and oxygen atoms in total. The summed E-state index contributed by atoms with van der Waals surface area (Å²) >= 11 is 0. The summed E-state index contributed by atoms with van der Waals surface area (Å²) in [5.41, 5.74) is 3.69. The highest BCUT2D eigenvalue weighted by Gasteiger charge is 2.11. The van der Waals surface area contributed by atoms with Crippen molar-refractivity contribution >= 4 is 5.91 Å². The Kier molecular flexibility index (Phi) is 4.00. The third-order valence-electron chi connectivity index (χ3n) is 2.99. The zero-order valence-electron chi connectivity index (χ0n) is 11.5. The molecule has 2 rings (SSSR count). The van der Waals surface area contributed by atoms with E-state index >= 15 is 0 Å². The van der Waals surface area contributed by atoms with Crippen molar-refractivity contribution in [3.05, 3.63) is 52.8 Å². The largest absolute Gasteiger partial charge is 0.347 e. The van der Waals surface area contributed by atoms with Crippen molar-refractivity contribution in [1.29, 1.82) is 0 Å². The number of nitrogens with zero attached hydrogens (tertiary/aromatic N) is 1. The summed E-state index contributed by atoms with van der Waals surface area (Å²) in [5, 5.41) is 9.79. The lowest BCUT2D eigenvalue weighted by Crippen LogP contribution is -2.23. The third-order valence-corrected chi connectivity index (χ3v) is 2.99. The van der Waals surface area contributed by atoms with Gasteiger partial charge in [0.25, 0.3) is 5.91 Å². The van der Waals surface area contributed by atoms with E-state index in [0.29, 0.717) is 18.2 Å². The summed E-state index contributed by atoms with van der Waals surface area (Å²) in [7, 11) is 0. The van der Waals surface area contributed by atoms with Gasteiger partial charge in [0.2, 0.25) is 0 Å². The number of aromatic nitrogens is 2. The average molecular weight is 257 g/mol. The van der Waals surface area contributed by atoms with E-state index in [4.69, 9.17) is 0 Å². The number of hydrogen-bond acceptors (Lipinski definition) is 2. The van der Waals surface area contributed by atoms with Crippen LogP contribution in [-0.2, 0) is 6.54 Å². The van der Waals surface area contributed by atoms with Crippen molar-refractivity contribution in [2.75, 3.05) is 0 Å². The van der Waals surface area contributed by atoms with Crippen molar-refractivity contribution in [2.45, 2.75) is 33.2 Å². The first-order valence-corrected chi connectivity index (χ1v) is 6.45. The molecule has 19 heavy (non-hydrogen) atoms. The minimum absolute atomic E-state index is 0.148. The van der Waals surface area contributed by atoms with Crippen LogP contribution in [0.3, 0.4) is 0 Å². The number of benzene rings is 1. The molecule has 1 aromatic carbocycles. The van der Waals surface area contributed by atoms with Crippen LogP contribution in [-0.4, -0.2) is 16.1 Å². The monoisotopic (exact) mass is 257 g/mol. The molecule has 100 valence electrons. The van der Waals surface area contributed by atoms with Crippen LogP contribution >= 0.6 is 0 Å². The quantitative estimate of drug-likeness (QED) is 0.884. The molecule has 0 atom stereocenters. The van der Waals surface area contributed by atoms with Gasteiger partial charge in [0.15, 0.2) is 0 Å². The number of amides is 1. The van der Waals surface area contributed by atoms with Crippen molar-refractivity contribution in [3.8, 4) is 0 Å². The number of nitrogens with one attached hydrogen (secondary N) is 2. The molecule has 0 spiro atoms. The van der Waals surface area contributed by atoms with Gasteiger partial charge < -0.3 is 5.32 Å². The minimum atomic E-state index is -0.148. The van der Waals surface area contributed by atoms with E-state index in [1.807, 2.05) is 25.1 Å². The average Bonchev–Trinajstić information content (AvgIpc) is 2.86. The lowest BCUT2D eigenvalue weighted by atomic mass is 10.1. The minimum Gasteiger partial charge on any atom is -0.347 e. The summed E-state index contributed by atoms with van der Waals surface area (Å²) in [6.45, 7) is 6.67. The van der Waals surface area contributed by atoms with E-state index in [0.717, 1.165) is 11.3 Å². The number of H-pyrrole nitrogens is 1. The van der Waals surface area contributed by atoms with E-state index in [1.165, 1.54) is 5.56 Å². The highest BCUT2D eigenvalue weighted by atomic mass is 16.1. The highest BCUT2D eigenvalue weighted by Crippen LogP contribution is 2.12. The Morgan fingerprint density at radius 1 is 1.37 bits per heavy atom. The third kappa shape index (κ3) is 3.44. The Hall–Kier alpha value is -2.10. The van der Waals surface area contributed by atoms with E-state index in [9.17, 15) is 4.79 Å². The van der Waals surface area contributed by atoms with Gasteiger partial charge in [-0.05, 0) is 24.5 Å². The molecule has 0 radical (unpaired) electrons. The van der Waals surface area contributed by atoms with E-state index in [1.54, 1.807) is 6.07 Å². The SMILES string of the molecule is Cc1cccc(CNC(=O)c2cc(C(C)C)[nH]n2)c1. The van der Waals surface area contributed by atoms with Gasteiger partial charge in [0.05, 0.1) is 0 Å². The molecule has 0 bridgehead atoms. The Morgan fingerprint density at radius 3 is 2.79 bits per heavy atom. The van der Waals surface area contributed by atoms with Crippen LogP contribution in [0.25, 0.3) is 0 Å². The molecule has 1 aromatic heterocycles. The second-order valence-electron chi connectivity index (χ2n) is 5.03. The zero-order chi connectivity index (χ0) is 13.8. The Labute approximate surface area is 113 Å². The first-order valence-electron chi connectivity index (χ1n) is 6.45. The normalized spacial score (nSPS) is 10.7. The van der Waals surface area contributed by atoms with Gasteiger partial charge in [-0.2, -0.15) is 5.10 Å². The number of aryl methyl sites for hydroxylation is 1. The maximum absolute atomic E-state index is 11.9. The van der Waals surface area contributed by atoms with Crippen LogP contribution in [0.5, 0.6) is 0 Å². The number of carbonyl (C=O) groups excluding carboxylic acids is 1. The van der Waals surface area contributed by atoms with E-state index < -0.39 is 0 Å². The lowest BCUT2D eigenvalue weighted by Gasteiger charge is -2.04. The first kappa shape index (κ1) is 13.3. The number of hydrogen-bond donors (Lipinski definition) is 2. The fourth-order valence-corrected chi connectivity index (χ4v) is 1.84. The van der Waals surface area contributed by atoms with Gasteiger partial charge >= 0.3 is 0 Å². The molecule has 2 N–H and O–H groups in total. The maximum atomic E-state index is 11.9.